The Morgan fingerprint density at radius 2 is 2.07 bits per heavy atom. The zero-order chi connectivity index (χ0) is 20.4. The number of thiophene rings is 1. The molecule has 1 atom stereocenters. The molecule has 1 aliphatic carbocycles. The summed E-state index contributed by atoms with van der Waals surface area (Å²) in [5.41, 5.74) is 4.66. The lowest BCUT2D eigenvalue weighted by molar-refractivity contribution is -0.142. The summed E-state index contributed by atoms with van der Waals surface area (Å²) >= 11 is 2.72. The minimum atomic E-state index is -0.379. The van der Waals surface area contributed by atoms with E-state index in [4.69, 9.17) is 4.74 Å². The molecule has 0 saturated carbocycles. The number of aryl methyl sites for hydroxylation is 2. The minimum Gasteiger partial charge on any atom is -0.465 e. The maximum Gasteiger partial charge on any atom is 0.319 e. The van der Waals surface area contributed by atoms with Crippen molar-refractivity contribution in [1.82, 2.24) is 9.97 Å². The minimum absolute atomic E-state index is 0.162. The Kier molecular flexibility index (Phi) is 6.06. The number of rotatable bonds is 6. The van der Waals surface area contributed by atoms with Gasteiger partial charge in [-0.25, -0.2) is 4.98 Å². The Balaban J connectivity index is 1.68. The summed E-state index contributed by atoms with van der Waals surface area (Å²) in [6.45, 7) is 4.05. The molecule has 152 valence electrons. The fourth-order valence-corrected chi connectivity index (χ4v) is 5.67. The molecule has 1 aromatic carbocycles. The molecule has 2 heterocycles. The maximum absolute atomic E-state index is 12.9. The number of aromatic nitrogens is 2. The summed E-state index contributed by atoms with van der Waals surface area (Å²) in [6, 6.07) is 6.54. The molecule has 4 rings (SSSR count). The van der Waals surface area contributed by atoms with Gasteiger partial charge in [0.25, 0.3) is 5.56 Å². The van der Waals surface area contributed by atoms with Crippen molar-refractivity contribution in [3.8, 4) is 11.1 Å². The fraction of sp³-hybridized carbons (Fsp3) is 0.409. The number of H-pyrrole nitrogens is 1. The number of fused-ring (bicyclic) bond motifs is 2. The normalized spacial score (nSPS) is 14.6. The predicted octanol–water partition coefficient (Wildman–Crippen LogP) is 4.96. The van der Waals surface area contributed by atoms with Crippen LogP contribution in [0.2, 0.25) is 0 Å². The molecule has 1 unspecified atom stereocenters. The molecule has 0 fully saturated rings. The van der Waals surface area contributed by atoms with Gasteiger partial charge < -0.3 is 9.72 Å². The van der Waals surface area contributed by atoms with E-state index in [0.29, 0.717) is 28.4 Å². The highest BCUT2D eigenvalue weighted by atomic mass is 32.2. The molecule has 0 bridgehead atoms. The van der Waals surface area contributed by atoms with E-state index in [-0.39, 0.29) is 16.8 Å². The van der Waals surface area contributed by atoms with Gasteiger partial charge in [-0.1, -0.05) is 36.9 Å². The Labute approximate surface area is 177 Å². The van der Waals surface area contributed by atoms with Crippen molar-refractivity contribution in [3.63, 3.8) is 0 Å². The lowest BCUT2D eigenvalue weighted by Crippen LogP contribution is -2.20. The van der Waals surface area contributed by atoms with E-state index >= 15 is 0 Å². The van der Waals surface area contributed by atoms with E-state index in [9.17, 15) is 9.59 Å². The van der Waals surface area contributed by atoms with Crippen molar-refractivity contribution >= 4 is 39.3 Å². The molecule has 1 aliphatic rings. The molecule has 7 heteroatoms. The van der Waals surface area contributed by atoms with Crippen molar-refractivity contribution < 1.29 is 9.53 Å². The number of esters is 1. The quantitative estimate of drug-likeness (QED) is 0.341. The number of aromatic amines is 1. The van der Waals surface area contributed by atoms with Crippen molar-refractivity contribution in [2.24, 2.45) is 0 Å². The molecule has 0 saturated heterocycles. The molecular formula is C22H24N2O3S2. The highest BCUT2D eigenvalue weighted by molar-refractivity contribution is 8.00. The molecule has 3 aromatic rings. The monoisotopic (exact) mass is 428 g/mol. The number of ether oxygens (including phenoxy) is 1. The number of benzene rings is 1. The van der Waals surface area contributed by atoms with E-state index in [0.717, 1.165) is 24.0 Å². The lowest BCUT2D eigenvalue weighted by atomic mass is 9.89. The second-order valence-electron chi connectivity index (χ2n) is 7.16. The van der Waals surface area contributed by atoms with Crippen LogP contribution in [0.3, 0.4) is 0 Å². The van der Waals surface area contributed by atoms with Crippen LogP contribution in [0, 0.1) is 0 Å². The first-order valence-electron chi connectivity index (χ1n) is 10.1. The summed E-state index contributed by atoms with van der Waals surface area (Å²) in [5, 5.41) is 2.71. The molecule has 1 N–H and O–H groups in total. The highest BCUT2D eigenvalue weighted by Crippen LogP contribution is 2.34. The first kappa shape index (κ1) is 20.2. The SMILES string of the molecule is CCOC(=O)C(CC)Sc1nc2scc(-c3ccc4c(c3)CCCC4)c2c(=O)[nH]1. The summed E-state index contributed by atoms with van der Waals surface area (Å²) in [7, 11) is 0. The topological polar surface area (TPSA) is 72.0 Å². The van der Waals surface area contributed by atoms with E-state index in [2.05, 4.69) is 28.2 Å². The van der Waals surface area contributed by atoms with Gasteiger partial charge in [0.15, 0.2) is 5.16 Å². The van der Waals surface area contributed by atoms with Crippen molar-refractivity contribution in [2.45, 2.75) is 56.4 Å². The summed E-state index contributed by atoms with van der Waals surface area (Å²) in [5.74, 6) is -0.274. The van der Waals surface area contributed by atoms with Gasteiger partial charge in [-0.05, 0) is 55.7 Å². The van der Waals surface area contributed by atoms with Gasteiger partial charge in [0.1, 0.15) is 10.1 Å². The number of nitrogens with one attached hydrogen (secondary N) is 1. The average molecular weight is 429 g/mol. The van der Waals surface area contributed by atoms with Crippen LogP contribution < -0.4 is 5.56 Å². The third kappa shape index (κ3) is 4.12. The molecule has 0 amide bonds. The molecule has 0 aliphatic heterocycles. The van der Waals surface area contributed by atoms with Gasteiger partial charge in [-0.2, -0.15) is 0 Å². The number of hydrogen-bond acceptors (Lipinski definition) is 6. The van der Waals surface area contributed by atoms with Crippen LogP contribution in [0.25, 0.3) is 21.3 Å². The second kappa shape index (κ2) is 8.71. The predicted molar refractivity (Wildman–Crippen MR) is 119 cm³/mol. The van der Waals surface area contributed by atoms with Crippen LogP contribution in [-0.4, -0.2) is 27.8 Å². The van der Waals surface area contributed by atoms with Crippen molar-refractivity contribution in [1.29, 1.82) is 0 Å². The molecular weight excluding hydrogens is 404 g/mol. The summed E-state index contributed by atoms with van der Waals surface area (Å²) < 4.78 is 5.12. The Bertz CT molecular complexity index is 1100. The smallest absolute Gasteiger partial charge is 0.319 e. The molecule has 29 heavy (non-hydrogen) atoms. The van der Waals surface area contributed by atoms with Gasteiger partial charge >= 0.3 is 5.97 Å². The third-order valence-electron chi connectivity index (χ3n) is 5.26. The average Bonchev–Trinajstić information content (AvgIpc) is 3.16. The van der Waals surface area contributed by atoms with Crippen LogP contribution in [-0.2, 0) is 22.4 Å². The second-order valence-corrected chi connectivity index (χ2v) is 9.21. The Morgan fingerprint density at radius 1 is 1.28 bits per heavy atom. The van der Waals surface area contributed by atoms with E-state index in [1.165, 1.54) is 47.1 Å². The number of nitrogens with zero attached hydrogens (tertiary/aromatic N) is 1. The van der Waals surface area contributed by atoms with E-state index in [1.807, 2.05) is 12.3 Å². The molecule has 0 spiro atoms. The summed E-state index contributed by atoms with van der Waals surface area (Å²) in [6.07, 6.45) is 5.33. The maximum atomic E-state index is 12.9. The molecule has 2 aromatic heterocycles. The van der Waals surface area contributed by atoms with Gasteiger partial charge in [-0.15, -0.1) is 11.3 Å². The van der Waals surface area contributed by atoms with Crippen LogP contribution in [0.15, 0.2) is 33.5 Å². The Morgan fingerprint density at radius 3 is 2.83 bits per heavy atom. The van der Waals surface area contributed by atoms with Gasteiger partial charge in [0, 0.05) is 10.9 Å². The first-order chi connectivity index (χ1) is 14.1. The number of thioether (sulfide) groups is 1. The standard InChI is InChI=1S/C22H24N2O3S2/c1-3-17(21(26)27-4-2)29-22-23-19(25)18-16(12-28-20(18)24-22)15-10-9-13-7-5-6-8-14(13)11-15/h9-12,17H,3-8H2,1-2H3,(H,23,24,25). The van der Waals surface area contributed by atoms with Gasteiger partial charge in [0.05, 0.1) is 12.0 Å². The first-order valence-corrected chi connectivity index (χ1v) is 11.8. The van der Waals surface area contributed by atoms with E-state index < -0.39 is 0 Å². The Hall–Kier alpha value is -2.12. The highest BCUT2D eigenvalue weighted by Gasteiger charge is 2.22. The van der Waals surface area contributed by atoms with Gasteiger partial charge in [-0.3, -0.25) is 9.59 Å². The fourth-order valence-electron chi connectivity index (χ4n) is 3.77. The van der Waals surface area contributed by atoms with Crippen LogP contribution in [0.5, 0.6) is 0 Å². The largest absolute Gasteiger partial charge is 0.465 e. The van der Waals surface area contributed by atoms with Gasteiger partial charge in [0.2, 0.25) is 0 Å². The van der Waals surface area contributed by atoms with Crippen LogP contribution >= 0.6 is 23.1 Å². The van der Waals surface area contributed by atoms with Crippen LogP contribution in [0.1, 0.15) is 44.2 Å². The summed E-state index contributed by atoms with van der Waals surface area (Å²) in [4.78, 5) is 33.1. The lowest BCUT2D eigenvalue weighted by Gasteiger charge is -2.16. The van der Waals surface area contributed by atoms with Crippen molar-refractivity contribution in [3.05, 3.63) is 45.1 Å². The van der Waals surface area contributed by atoms with Crippen molar-refractivity contribution in [2.75, 3.05) is 6.61 Å². The zero-order valence-corrected chi connectivity index (χ0v) is 18.3. The van der Waals surface area contributed by atoms with Crippen LogP contribution in [0.4, 0.5) is 0 Å². The van der Waals surface area contributed by atoms with E-state index in [1.54, 1.807) is 6.92 Å². The number of carbonyl (C=O) groups is 1. The molecule has 5 nitrogen and oxygen atoms in total. The molecule has 0 radical (unpaired) electrons. The zero-order valence-electron chi connectivity index (χ0n) is 16.6. The third-order valence-corrected chi connectivity index (χ3v) is 7.36. The number of carbonyl (C=O) groups excluding carboxylic acids is 1. The number of hydrogen-bond donors (Lipinski definition) is 1.